The Bertz CT molecular complexity index is 615. The molecule has 0 spiro atoms. The van der Waals surface area contributed by atoms with Crippen molar-refractivity contribution in [3.63, 3.8) is 0 Å². The zero-order chi connectivity index (χ0) is 16.7. The van der Waals surface area contributed by atoms with Gasteiger partial charge in [0, 0.05) is 42.3 Å². The zero-order valence-corrected chi connectivity index (χ0v) is 15.2. The number of hydrogen-bond donors (Lipinski definition) is 2. The van der Waals surface area contributed by atoms with Gasteiger partial charge in [-0.2, -0.15) is 0 Å². The molecule has 0 atom stereocenters. The van der Waals surface area contributed by atoms with E-state index in [2.05, 4.69) is 58.0 Å². The third kappa shape index (κ3) is 5.36. The van der Waals surface area contributed by atoms with Crippen LogP contribution in [0.5, 0.6) is 0 Å². The van der Waals surface area contributed by atoms with Gasteiger partial charge in [0.05, 0.1) is 0 Å². The molecule has 0 aliphatic carbocycles. The van der Waals surface area contributed by atoms with Gasteiger partial charge in [0.2, 0.25) is 0 Å². The summed E-state index contributed by atoms with van der Waals surface area (Å²) >= 11 is 1.80. The van der Waals surface area contributed by atoms with Crippen LogP contribution in [-0.4, -0.2) is 31.1 Å². The summed E-state index contributed by atoms with van der Waals surface area (Å²) in [4.78, 5) is 10.0. The van der Waals surface area contributed by atoms with E-state index in [9.17, 15) is 0 Å². The van der Waals surface area contributed by atoms with Gasteiger partial charge < -0.3 is 10.6 Å². The number of guanidine groups is 1. The third-order valence-electron chi connectivity index (χ3n) is 3.79. The maximum Gasteiger partial charge on any atom is 0.191 e. The second-order valence-corrected chi connectivity index (χ2v) is 7.22. The molecule has 0 fully saturated rings. The third-order valence-corrected chi connectivity index (χ3v) is 5.02. The summed E-state index contributed by atoms with van der Waals surface area (Å²) in [6, 6.07) is 8.46. The fourth-order valence-electron chi connectivity index (χ4n) is 2.25. The highest BCUT2D eigenvalue weighted by Crippen LogP contribution is 2.26. The molecular weight excluding hydrogens is 304 g/mol. The van der Waals surface area contributed by atoms with Crippen LogP contribution in [0.15, 0.2) is 40.8 Å². The van der Waals surface area contributed by atoms with Crippen molar-refractivity contribution in [2.45, 2.75) is 32.6 Å². The average molecular weight is 331 g/mol. The lowest BCUT2D eigenvalue weighted by Gasteiger charge is -2.25. The fourth-order valence-corrected chi connectivity index (χ4v) is 3.10. The van der Waals surface area contributed by atoms with Gasteiger partial charge in [-0.05, 0) is 36.4 Å². The molecule has 0 aliphatic heterocycles. The molecule has 0 aliphatic rings. The van der Waals surface area contributed by atoms with Gasteiger partial charge in [-0.25, -0.2) is 0 Å². The Morgan fingerprint density at radius 1 is 1.26 bits per heavy atom. The lowest BCUT2D eigenvalue weighted by atomic mass is 9.91. The molecule has 0 unspecified atom stereocenters. The first-order valence-electron chi connectivity index (χ1n) is 7.91. The molecule has 2 aromatic rings. The van der Waals surface area contributed by atoms with E-state index in [1.165, 1.54) is 10.4 Å². The smallest absolute Gasteiger partial charge is 0.191 e. The minimum atomic E-state index is 0.0899. The summed E-state index contributed by atoms with van der Waals surface area (Å²) in [5.41, 5.74) is 2.37. The molecule has 2 heterocycles. The number of aromatic nitrogens is 1. The van der Waals surface area contributed by atoms with Crippen LogP contribution in [0.3, 0.4) is 0 Å². The average Bonchev–Trinajstić information content (AvgIpc) is 3.08. The van der Waals surface area contributed by atoms with Gasteiger partial charge in [0.1, 0.15) is 0 Å². The highest BCUT2D eigenvalue weighted by Gasteiger charge is 2.21. The first-order valence-corrected chi connectivity index (χ1v) is 8.79. The summed E-state index contributed by atoms with van der Waals surface area (Å²) in [6.45, 7) is 8.18. The maximum absolute atomic E-state index is 4.32. The molecule has 0 amide bonds. The maximum atomic E-state index is 4.32. The number of nitrogens with zero attached hydrogens (tertiary/aromatic N) is 2. The van der Waals surface area contributed by atoms with E-state index in [4.69, 9.17) is 0 Å². The van der Waals surface area contributed by atoms with Crippen LogP contribution >= 0.6 is 11.3 Å². The number of aryl methyl sites for hydroxylation is 1. The Hall–Kier alpha value is -1.88. The number of thiophene rings is 1. The Kier molecular flexibility index (Phi) is 6.16. The predicted molar refractivity (Wildman–Crippen MR) is 99.4 cm³/mol. The van der Waals surface area contributed by atoms with E-state index in [-0.39, 0.29) is 5.41 Å². The van der Waals surface area contributed by atoms with Crippen molar-refractivity contribution < 1.29 is 0 Å². The van der Waals surface area contributed by atoms with E-state index in [0.717, 1.165) is 31.2 Å². The van der Waals surface area contributed by atoms with Crippen molar-refractivity contribution in [3.05, 3.63) is 52.0 Å². The summed E-state index contributed by atoms with van der Waals surface area (Å²) < 4.78 is 0. The topological polar surface area (TPSA) is 49.3 Å². The van der Waals surface area contributed by atoms with E-state index < -0.39 is 0 Å². The van der Waals surface area contributed by atoms with E-state index in [0.29, 0.717) is 0 Å². The van der Waals surface area contributed by atoms with Gasteiger partial charge in [0.25, 0.3) is 0 Å². The predicted octanol–water partition coefficient (Wildman–Crippen LogP) is 3.14. The lowest BCUT2D eigenvalue weighted by Crippen LogP contribution is -2.43. The molecule has 5 heteroatoms. The molecule has 23 heavy (non-hydrogen) atoms. The fraction of sp³-hybridized carbons (Fsp3) is 0.444. The molecule has 4 nitrogen and oxygen atoms in total. The van der Waals surface area contributed by atoms with Gasteiger partial charge in [-0.15, -0.1) is 11.3 Å². The normalized spacial score (nSPS) is 12.3. The number of rotatable bonds is 6. The minimum Gasteiger partial charge on any atom is -0.356 e. The van der Waals surface area contributed by atoms with E-state index >= 15 is 0 Å². The molecule has 2 aromatic heterocycles. The lowest BCUT2D eigenvalue weighted by molar-refractivity contribution is 0.518. The molecule has 124 valence electrons. The molecule has 2 N–H and O–H groups in total. The van der Waals surface area contributed by atoms with Crippen molar-refractivity contribution in [2.75, 3.05) is 20.1 Å². The van der Waals surface area contributed by atoms with Crippen LogP contribution in [0.2, 0.25) is 0 Å². The summed E-state index contributed by atoms with van der Waals surface area (Å²) in [5, 5.41) is 8.91. The SMILES string of the molecule is CN=C(NCCc1ccc(C)nc1)NCC(C)(C)c1cccs1. The number of aliphatic imine (C=N–C) groups is 1. The molecule has 2 rings (SSSR count). The van der Waals surface area contributed by atoms with Crippen LogP contribution in [-0.2, 0) is 11.8 Å². The molecule has 0 aromatic carbocycles. The first kappa shape index (κ1) is 17.5. The van der Waals surface area contributed by atoms with Gasteiger partial charge in [-0.3, -0.25) is 9.98 Å². The quantitative estimate of drug-likeness (QED) is 0.632. The van der Waals surface area contributed by atoms with Gasteiger partial charge in [0.15, 0.2) is 5.96 Å². The van der Waals surface area contributed by atoms with E-state index in [1.54, 1.807) is 18.4 Å². The highest BCUT2D eigenvalue weighted by molar-refractivity contribution is 7.10. The van der Waals surface area contributed by atoms with Gasteiger partial charge in [-0.1, -0.05) is 26.0 Å². The summed E-state index contributed by atoms with van der Waals surface area (Å²) in [7, 11) is 1.81. The summed E-state index contributed by atoms with van der Waals surface area (Å²) in [5.74, 6) is 0.842. The van der Waals surface area contributed by atoms with Crippen LogP contribution < -0.4 is 10.6 Å². The van der Waals surface area contributed by atoms with E-state index in [1.807, 2.05) is 19.2 Å². The summed E-state index contributed by atoms with van der Waals surface area (Å²) in [6.07, 6.45) is 2.87. The van der Waals surface area contributed by atoms with Crippen molar-refractivity contribution in [1.29, 1.82) is 0 Å². The number of hydrogen-bond acceptors (Lipinski definition) is 3. The first-order chi connectivity index (χ1) is 11.0. The monoisotopic (exact) mass is 330 g/mol. The van der Waals surface area contributed by atoms with Crippen LogP contribution in [0, 0.1) is 6.92 Å². The zero-order valence-electron chi connectivity index (χ0n) is 14.4. The second kappa shape index (κ2) is 8.11. The van der Waals surface area contributed by atoms with Crippen molar-refractivity contribution in [3.8, 4) is 0 Å². The van der Waals surface area contributed by atoms with Crippen molar-refractivity contribution in [1.82, 2.24) is 15.6 Å². The highest BCUT2D eigenvalue weighted by atomic mass is 32.1. The van der Waals surface area contributed by atoms with Crippen molar-refractivity contribution >= 4 is 17.3 Å². The Morgan fingerprint density at radius 3 is 2.70 bits per heavy atom. The van der Waals surface area contributed by atoms with Crippen LogP contribution in [0.1, 0.15) is 30.0 Å². The number of pyridine rings is 1. The standard InChI is InChI=1S/C18H26N4S/c1-14-7-8-15(12-21-14)9-10-20-17(19-4)22-13-18(2,3)16-6-5-11-23-16/h5-8,11-12H,9-10,13H2,1-4H3,(H2,19,20,22). The van der Waals surface area contributed by atoms with Crippen LogP contribution in [0.4, 0.5) is 0 Å². The molecule has 0 saturated heterocycles. The van der Waals surface area contributed by atoms with Crippen molar-refractivity contribution in [2.24, 2.45) is 4.99 Å². The Morgan fingerprint density at radius 2 is 2.09 bits per heavy atom. The van der Waals surface area contributed by atoms with Crippen LogP contribution in [0.25, 0.3) is 0 Å². The molecular formula is C18H26N4S. The minimum absolute atomic E-state index is 0.0899. The molecule has 0 saturated carbocycles. The largest absolute Gasteiger partial charge is 0.356 e. The molecule has 0 radical (unpaired) electrons. The Labute approximate surface area is 143 Å². The Balaban J connectivity index is 1.78. The molecule has 0 bridgehead atoms. The van der Waals surface area contributed by atoms with Gasteiger partial charge >= 0.3 is 0 Å². The number of nitrogens with one attached hydrogen (secondary N) is 2. The second-order valence-electron chi connectivity index (χ2n) is 6.27.